The number of halogens is 1. The van der Waals surface area contributed by atoms with Gasteiger partial charge in [0, 0.05) is 0 Å². The minimum atomic E-state index is -0.925. The van der Waals surface area contributed by atoms with Crippen molar-refractivity contribution >= 4 is 21.9 Å². The van der Waals surface area contributed by atoms with Crippen LogP contribution in [0.3, 0.4) is 0 Å². The first kappa shape index (κ1) is 14.2. The number of methoxy groups -OCH3 is 1. The maximum absolute atomic E-state index is 11.1. The normalized spacial score (nSPS) is 14.1. The summed E-state index contributed by atoms with van der Waals surface area (Å²) in [5, 5.41) is 9.62. The molecule has 0 bridgehead atoms. The van der Waals surface area contributed by atoms with Gasteiger partial charge in [0.25, 0.3) is 0 Å². The van der Waals surface area contributed by atoms with E-state index in [1.165, 1.54) is 7.11 Å². The Bertz CT molecular complexity index is 342. The number of esters is 1. The summed E-state index contributed by atoms with van der Waals surface area (Å²) in [6, 6.07) is 9.61. The predicted molar refractivity (Wildman–Crippen MR) is 66.8 cm³/mol. The zero-order chi connectivity index (χ0) is 12.7. The Labute approximate surface area is 109 Å². The summed E-state index contributed by atoms with van der Waals surface area (Å²) >= 11 is 3.05. The highest BCUT2D eigenvalue weighted by molar-refractivity contribution is 9.10. The van der Waals surface area contributed by atoms with E-state index in [1.807, 2.05) is 30.3 Å². The van der Waals surface area contributed by atoms with Crippen LogP contribution in [0.25, 0.3) is 0 Å². The molecule has 0 aromatic heterocycles. The third-order valence-corrected chi connectivity index (χ3v) is 3.15. The topological polar surface area (TPSA) is 55.8 Å². The minimum Gasteiger partial charge on any atom is -0.468 e. The smallest absolute Gasteiger partial charge is 0.322 e. The molecule has 0 aliphatic rings. The summed E-state index contributed by atoms with van der Waals surface area (Å²) in [6.45, 7) is 0.471. The largest absolute Gasteiger partial charge is 0.468 e. The van der Waals surface area contributed by atoms with E-state index in [-0.39, 0.29) is 6.61 Å². The third kappa shape index (κ3) is 4.85. The van der Waals surface area contributed by atoms with Gasteiger partial charge < -0.3 is 14.6 Å². The molecule has 0 radical (unpaired) electrons. The van der Waals surface area contributed by atoms with E-state index in [4.69, 9.17) is 4.74 Å². The van der Waals surface area contributed by atoms with Crippen LogP contribution in [0.1, 0.15) is 5.56 Å². The van der Waals surface area contributed by atoms with Crippen molar-refractivity contribution in [3.8, 4) is 0 Å². The van der Waals surface area contributed by atoms with Crippen LogP contribution in [-0.2, 0) is 20.9 Å². The first-order chi connectivity index (χ1) is 8.15. The van der Waals surface area contributed by atoms with Gasteiger partial charge in [-0.2, -0.15) is 0 Å². The Morgan fingerprint density at radius 1 is 1.41 bits per heavy atom. The van der Waals surface area contributed by atoms with Crippen LogP contribution >= 0.6 is 15.9 Å². The van der Waals surface area contributed by atoms with Crippen LogP contribution in [0.2, 0.25) is 0 Å². The van der Waals surface area contributed by atoms with Gasteiger partial charge in [-0.3, -0.25) is 4.79 Å². The van der Waals surface area contributed by atoms with Gasteiger partial charge >= 0.3 is 5.97 Å². The number of alkyl halides is 1. The lowest BCUT2D eigenvalue weighted by Crippen LogP contribution is -2.33. The summed E-state index contributed by atoms with van der Waals surface area (Å²) < 4.78 is 9.81. The van der Waals surface area contributed by atoms with E-state index in [1.54, 1.807) is 0 Å². The molecule has 2 atom stereocenters. The highest BCUT2D eigenvalue weighted by Crippen LogP contribution is 2.09. The SMILES string of the molecule is COC(=O)[C@H](Br)[C@@H](O)COCc1ccccc1. The van der Waals surface area contributed by atoms with Crippen LogP contribution in [0.4, 0.5) is 0 Å². The van der Waals surface area contributed by atoms with Crippen LogP contribution in [0.15, 0.2) is 30.3 Å². The van der Waals surface area contributed by atoms with Crippen molar-refractivity contribution in [2.24, 2.45) is 0 Å². The van der Waals surface area contributed by atoms with Gasteiger partial charge in [-0.1, -0.05) is 46.3 Å². The number of ether oxygens (including phenoxy) is 2. The number of rotatable bonds is 6. The van der Waals surface area contributed by atoms with E-state index in [0.29, 0.717) is 6.61 Å². The Morgan fingerprint density at radius 3 is 2.65 bits per heavy atom. The lowest BCUT2D eigenvalue weighted by molar-refractivity contribution is -0.142. The second kappa shape index (κ2) is 7.42. The molecule has 94 valence electrons. The molecule has 0 heterocycles. The molecule has 0 saturated heterocycles. The molecule has 1 N–H and O–H groups in total. The number of aliphatic hydroxyl groups excluding tert-OH is 1. The number of carbonyl (C=O) groups excluding carboxylic acids is 1. The van der Waals surface area contributed by atoms with E-state index in [0.717, 1.165) is 5.56 Å². The van der Waals surface area contributed by atoms with E-state index in [2.05, 4.69) is 20.7 Å². The molecule has 0 aliphatic heterocycles. The Balaban J connectivity index is 2.29. The molecule has 5 heteroatoms. The fraction of sp³-hybridized carbons (Fsp3) is 0.417. The summed E-state index contributed by atoms with van der Waals surface area (Å²) in [7, 11) is 1.27. The lowest BCUT2D eigenvalue weighted by Gasteiger charge is -2.15. The summed E-state index contributed by atoms with van der Waals surface area (Å²) in [4.78, 5) is 10.3. The molecular weight excluding hydrogens is 288 g/mol. The first-order valence-electron chi connectivity index (χ1n) is 5.16. The Hall–Kier alpha value is -0.910. The van der Waals surface area contributed by atoms with Crippen molar-refractivity contribution in [2.45, 2.75) is 17.5 Å². The fourth-order valence-corrected chi connectivity index (χ4v) is 1.57. The quantitative estimate of drug-likeness (QED) is 0.639. The number of benzene rings is 1. The van der Waals surface area contributed by atoms with E-state index >= 15 is 0 Å². The summed E-state index contributed by atoms with van der Waals surface area (Å²) in [5.74, 6) is -0.513. The number of aliphatic hydroxyl groups is 1. The molecule has 1 aromatic rings. The highest BCUT2D eigenvalue weighted by atomic mass is 79.9. The van der Waals surface area contributed by atoms with Crippen LogP contribution in [-0.4, -0.2) is 35.7 Å². The molecule has 4 nitrogen and oxygen atoms in total. The number of hydrogen-bond acceptors (Lipinski definition) is 4. The fourth-order valence-electron chi connectivity index (χ4n) is 1.23. The monoisotopic (exact) mass is 302 g/mol. The standard InChI is InChI=1S/C12H15BrO4/c1-16-12(15)11(13)10(14)8-17-7-9-5-3-2-4-6-9/h2-6,10-11,14H,7-8H2,1H3/t10-,11+/m0/s1. The zero-order valence-corrected chi connectivity index (χ0v) is 11.1. The Morgan fingerprint density at radius 2 is 2.06 bits per heavy atom. The van der Waals surface area contributed by atoms with Crippen LogP contribution in [0.5, 0.6) is 0 Å². The molecule has 17 heavy (non-hydrogen) atoms. The van der Waals surface area contributed by atoms with Gasteiger partial charge in [0.1, 0.15) is 10.9 Å². The average Bonchev–Trinajstić information content (AvgIpc) is 2.38. The third-order valence-electron chi connectivity index (χ3n) is 2.16. The van der Waals surface area contributed by atoms with E-state index < -0.39 is 16.9 Å². The maximum Gasteiger partial charge on any atom is 0.322 e. The number of carbonyl (C=O) groups is 1. The van der Waals surface area contributed by atoms with Gasteiger partial charge in [0.05, 0.1) is 20.3 Å². The molecule has 0 spiro atoms. The molecule has 0 fully saturated rings. The van der Waals surface area contributed by atoms with Gasteiger partial charge in [-0.25, -0.2) is 0 Å². The molecule has 1 aromatic carbocycles. The second-order valence-corrected chi connectivity index (χ2v) is 4.48. The van der Waals surface area contributed by atoms with E-state index in [9.17, 15) is 9.90 Å². The molecule has 0 unspecified atom stereocenters. The van der Waals surface area contributed by atoms with Crippen molar-refractivity contribution in [1.82, 2.24) is 0 Å². The molecule has 0 saturated carbocycles. The lowest BCUT2D eigenvalue weighted by atomic mass is 10.2. The molecule has 0 amide bonds. The predicted octanol–water partition coefficient (Wildman–Crippen LogP) is 1.50. The van der Waals surface area contributed by atoms with Crippen LogP contribution < -0.4 is 0 Å². The Kier molecular flexibility index (Phi) is 6.18. The highest BCUT2D eigenvalue weighted by Gasteiger charge is 2.24. The van der Waals surface area contributed by atoms with Crippen molar-refractivity contribution in [1.29, 1.82) is 0 Å². The van der Waals surface area contributed by atoms with Crippen molar-refractivity contribution in [2.75, 3.05) is 13.7 Å². The van der Waals surface area contributed by atoms with Crippen molar-refractivity contribution < 1.29 is 19.4 Å². The van der Waals surface area contributed by atoms with Crippen molar-refractivity contribution in [3.05, 3.63) is 35.9 Å². The first-order valence-corrected chi connectivity index (χ1v) is 6.08. The molecule has 1 rings (SSSR count). The zero-order valence-electron chi connectivity index (χ0n) is 9.51. The summed E-state index contributed by atoms with van der Waals surface area (Å²) in [6.07, 6.45) is -0.925. The maximum atomic E-state index is 11.1. The number of hydrogen-bond donors (Lipinski definition) is 1. The van der Waals surface area contributed by atoms with Gasteiger partial charge in [-0.05, 0) is 5.56 Å². The van der Waals surface area contributed by atoms with Crippen LogP contribution in [0, 0.1) is 0 Å². The molecule has 0 aliphatic carbocycles. The average molecular weight is 303 g/mol. The summed E-state index contributed by atoms with van der Waals surface area (Å²) in [5.41, 5.74) is 1.02. The molecular formula is C12H15BrO4. The minimum absolute atomic E-state index is 0.0694. The van der Waals surface area contributed by atoms with Gasteiger partial charge in [0.2, 0.25) is 0 Å². The van der Waals surface area contributed by atoms with Gasteiger partial charge in [-0.15, -0.1) is 0 Å². The van der Waals surface area contributed by atoms with Crippen molar-refractivity contribution in [3.63, 3.8) is 0 Å². The second-order valence-electron chi connectivity index (χ2n) is 3.49. The van der Waals surface area contributed by atoms with Gasteiger partial charge in [0.15, 0.2) is 0 Å².